The molecule has 0 fully saturated rings. The summed E-state index contributed by atoms with van der Waals surface area (Å²) in [6, 6.07) is 8.98. The Labute approximate surface area is 143 Å². The van der Waals surface area contributed by atoms with Crippen molar-refractivity contribution in [1.82, 2.24) is 0 Å². The van der Waals surface area contributed by atoms with Crippen molar-refractivity contribution in [2.24, 2.45) is 0 Å². The van der Waals surface area contributed by atoms with Crippen LogP contribution in [0.1, 0.15) is 11.1 Å². The largest absolute Gasteiger partial charge is 0.376 e. The van der Waals surface area contributed by atoms with Crippen molar-refractivity contribution >= 4 is 28.7 Å². The summed E-state index contributed by atoms with van der Waals surface area (Å²) in [5.74, 6) is -0.502. The molecule has 0 heterocycles. The predicted molar refractivity (Wildman–Crippen MR) is 92.8 cm³/mol. The van der Waals surface area contributed by atoms with Crippen molar-refractivity contribution in [1.29, 1.82) is 0 Å². The molecule has 2 rings (SSSR count). The van der Waals surface area contributed by atoms with E-state index in [1.165, 1.54) is 24.3 Å². The van der Waals surface area contributed by atoms with E-state index in [-0.39, 0.29) is 23.6 Å². The minimum atomic E-state index is -0.569. The van der Waals surface area contributed by atoms with Crippen molar-refractivity contribution in [2.45, 2.75) is 13.8 Å². The lowest BCUT2D eigenvalue weighted by atomic mass is 10.1. The standard InChI is InChI=1S/C16H16N4O5/c1-10-6-7-13(15(8-10)20(24)25)18-16(21)9-17-12-4-3-5-14(11(12)2)19(22)23/h3-8,17H,9H2,1-2H3,(H,18,21). The van der Waals surface area contributed by atoms with Crippen LogP contribution in [0.4, 0.5) is 22.7 Å². The van der Waals surface area contributed by atoms with E-state index in [0.29, 0.717) is 16.8 Å². The molecule has 0 aliphatic heterocycles. The number of nitrogens with zero attached hydrogens (tertiary/aromatic N) is 2. The number of anilines is 2. The van der Waals surface area contributed by atoms with Crippen LogP contribution in [0.5, 0.6) is 0 Å². The van der Waals surface area contributed by atoms with E-state index >= 15 is 0 Å². The molecule has 0 unspecified atom stereocenters. The highest BCUT2D eigenvalue weighted by Crippen LogP contribution is 2.26. The maximum Gasteiger partial charge on any atom is 0.293 e. The Hall–Kier alpha value is -3.49. The summed E-state index contributed by atoms with van der Waals surface area (Å²) in [5, 5.41) is 27.2. The predicted octanol–water partition coefficient (Wildman–Crippen LogP) is 3.17. The van der Waals surface area contributed by atoms with Crippen molar-refractivity contribution in [2.75, 3.05) is 17.2 Å². The molecular weight excluding hydrogens is 328 g/mol. The highest BCUT2D eigenvalue weighted by Gasteiger charge is 2.17. The smallest absolute Gasteiger partial charge is 0.293 e. The maximum atomic E-state index is 12.0. The summed E-state index contributed by atoms with van der Waals surface area (Å²) in [5.41, 5.74) is 1.40. The molecule has 0 aliphatic carbocycles. The Morgan fingerprint density at radius 3 is 2.32 bits per heavy atom. The van der Waals surface area contributed by atoms with Crippen molar-refractivity contribution < 1.29 is 14.6 Å². The number of rotatable bonds is 6. The number of nitro benzene ring substituents is 2. The molecule has 2 aromatic carbocycles. The normalized spacial score (nSPS) is 10.2. The van der Waals surface area contributed by atoms with Gasteiger partial charge in [-0.3, -0.25) is 25.0 Å². The molecule has 0 saturated heterocycles. The molecule has 2 aromatic rings. The number of carbonyl (C=O) groups is 1. The zero-order chi connectivity index (χ0) is 18.6. The molecular formula is C16H16N4O5. The lowest BCUT2D eigenvalue weighted by Crippen LogP contribution is -2.22. The number of aryl methyl sites for hydroxylation is 1. The molecule has 9 nitrogen and oxygen atoms in total. The van der Waals surface area contributed by atoms with Crippen LogP contribution in [-0.4, -0.2) is 22.3 Å². The first-order valence-electron chi connectivity index (χ1n) is 7.32. The Balaban J connectivity index is 2.09. The number of hydrogen-bond donors (Lipinski definition) is 2. The molecule has 1 amide bonds. The monoisotopic (exact) mass is 344 g/mol. The Morgan fingerprint density at radius 2 is 1.68 bits per heavy atom. The van der Waals surface area contributed by atoms with E-state index in [2.05, 4.69) is 10.6 Å². The first-order valence-corrected chi connectivity index (χ1v) is 7.32. The van der Waals surface area contributed by atoms with Gasteiger partial charge in [0.1, 0.15) is 5.69 Å². The second-order valence-corrected chi connectivity index (χ2v) is 5.39. The maximum absolute atomic E-state index is 12.0. The number of nitrogens with one attached hydrogen (secondary N) is 2. The van der Waals surface area contributed by atoms with Gasteiger partial charge in [0.2, 0.25) is 5.91 Å². The zero-order valence-electron chi connectivity index (χ0n) is 13.6. The number of hydrogen-bond acceptors (Lipinski definition) is 6. The highest BCUT2D eigenvalue weighted by atomic mass is 16.6. The minimum absolute atomic E-state index is 0.0559. The van der Waals surface area contributed by atoms with E-state index in [1.54, 1.807) is 26.0 Å². The first-order chi connectivity index (χ1) is 11.8. The third-order valence-electron chi connectivity index (χ3n) is 3.57. The topological polar surface area (TPSA) is 127 Å². The fourth-order valence-electron chi connectivity index (χ4n) is 2.28. The second kappa shape index (κ2) is 7.39. The molecule has 0 saturated carbocycles. The first kappa shape index (κ1) is 17.9. The quantitative estimate of drug-likeness (QED) is 0.612. The zero-order valence-corrected chi connectivity index (χ0v) is 13.6. The van der Waals surface area contributed by atoms with Crippen LogP contribution in [0.25, 0.3) is 0 Å². The molecule has 0 aromatic heterocycles. The van der Waals surface area contributed by atoms with Crippen LogP contribution >= 0.6 is 0 Å². The summed E-state index contributed by atoms with van der Waals surface area (Å²) >= 11 is 0. The fourth-order valence-corrected chi connectivity index (χ4v) is 2.28. The van der Waals surface area contributed by atoms with Gasteiger partial charge in [-0.25, -0.2) is 0 Å². The average Bonchev–Trinajstić information content (AvgIpc) is 2.55. The van der Waals surface area contributed by atoms with Crippen molar-refractivity contribution in [3.63, 3.8) is 0 Å². The van der Waals surface area contributed by atoms with Crippen LogP contribution < -0.4 is 10.6 Å². The Morgan fingerprint density at radius 1 is 1.00 bits per heavy atom. The van der Waals surface area contributed by atoms with E-state index in [0.717, 1.165) is 0 Å². The van der Waals surface area contributed by atoms with Gasteiger partial charge >= 0.3 is 0 Å². The van der Waals surface area contributed by atoms with Gasteiger partial charge in [0.25, 0.3) is 11.4 Å². The average molecular weight is 344 g/mol. The lowest BCUT2D eigenvalue weighted by molar-refractivity contribution is -0.385. The molecule has 2 N–H and O–H groups in total. The summed E-state index contributed by atoms with van der Waals surface area (Å²) in [6.45, 7) is 3.10. The summed E-state index contributed by atoms with van der Waals surface area (Å²) in [7, 11) is 0. The van der Waals surface area contributed by atoms with Gasteiger partial charge in [0.15, 0.2) is 0 Å². The van der Waals surface area contributed by atoms with Gasteiger partial charge in [0.05, 0.1) is 16.4 Å². The van der Waals surface area contributed by atoms with Gasteiger partial charge < -0.3 is 10.6 Å². The molecule has 0 spiro atoms. The molecule has 0 bridgehead atoms. The van der Waals surface area contributed by atoms with Crippen LogP contribution in [0, 0.1) is 34.1 Å². The number of nitro groups is 2. The van der Waals surface area contributed by atoms with E-state index in [4.69, 9.17) is 0 Å². The number of amides is 1. The van der Waals surface area contributed by atoms with E-state index < -0.39 is 15.8 Å². The van der Waals surface area contributed by atoms with Crippen molar-refractivity contribution in [3.8, 4) is 0 Å². The van der Waals surface area contributed by atoms with Gasteiger partial charge in [-0.05, 0) is 31.5 Å². The summed E-state index contributed by atoms with van der Waals surface area (Å²) < 4.78 is 0. The minimum Gasteiger partial charge on any atom is -0.376 e. The lowest BCUT2D eigenvalue weighted by Gasteiger charge is -2.10. The van der Waals surface area contributed by atoms with E-state index in [9.17, 15) is 25.0 Å². The summed E-state index contributed by atoms with van der Waals surface area (Å²) in [6.07, 6.45) is 0. The molecule has 0 atom stereocenters. The van der Waals surface area contributed by atoms with Crippen LogP contribution in [0.15, 0.2) is 36.4 Å². The second-order valence-electron chi connectivity index (χ2n) is 5.39. The fraction of sp³-hybridized carbons (Fsp3) is 0.188. The molecule has 0 radical (unpaired) electrons. The Bertz CT molecular complexity index is 850. The molecule has 25 heavy (non-hydrogen) atoms. The van der Waals surface area contributed by atoms with Gasteiger partial charge in [-0.2, -0.15) is 0 Å². The summed E-state index contributed by atoms with van der Waals surface area (Å²) in [4.78, 5) is 32.9. The van der Waals surface area contributed by atoms with Gasteiger partial charge in [0, 0.05) is 23.4 Å². The van der Waals surface area contributed by atoms with Crippen LogP contribution in [-0.2, 0) is 4.79 Å². The molecule has 130 valence electrons. The number of benzene rings is 2. The van der Waals surface area contributed by atoms with Crippen molar-refractivity contribution in [3.05, 3.63) is 67.8 Å². The van der Waals surface area contributed by atoms with Gasteiger partial charge in [-0.15, -0.1) is 0 Å². The highest BCUT2D eigenvalue weighted by molar-refractivity contribution is 5.95. The molecule has 9 heteroatoms. The number of carbonyl (C=O) groups excluding carboxylic acids is 1. The van der Waals surface area contributed by atoms with E-state index in [1.807, 2.05) is 0 Å². The Kier molecular flexibility index (Phi) is 5.28. The van der Waals surface area contributed by atoms with Gasteiger partial charge in [-0.1, -0.05) is 12.1 Å². The SMILES string of the molecule is Cc1ccc(NC(=O)CNc2cccc([N+](=O)[O-])c2C)c([N+](=O)[O-])c1. The third kappa shape index (κ3) is 4.28. The van der Waals surface area contributed by atoms with Crippen LogP contribution in [0.3, 0.4) is 0 Å². The third-order valence-corrected chi connectivity index (χ3v) is 3.57. The molecule has 0 aliphatic rings. The van der Waals surface area contributed by atoms with Crippen LogP contribution in [0.2, 0.25) is 0 Å².